The molecule has 1 fully saturated rings. The zero-order valence-electron chi connectivity index (χ0n) is 7.96. The largest absolute Gasteiger partial charge is 0.457 e. The Morgan fingerprint density at radius 2 is 2.00 bits per heavy atom. The molecule has 0 unspecified atom stereocenters. The van der Waals surface area contributed by atoms with Crippen LogP contribution in [0.2, 0.25) is 0 Å². The van der Waals surface area contributed by atoms with Crippen LogP contribution in [-0.2, 0) is 9.53 Å². The molecule has 1 saturated carbocycles. The fourth-order valence-electron chi connectivity index (χ4n) is 0.839. The highest BCUT2D eigenvalue weighted by atomic mass is 16.6. The summed E-state index contributed by atoms with van der Waals surface area (Å²) in [6.45, 7) is 5.61. The van der Waals surface area contributed by atoms with Crippen molar-refractivity contribution in [3.63, 3.8) is 0 Å². The molecule has 0 aromatic heterocycles. The SMILES string of the molecule is CC(C)(C)OC(=O)C=CC1CC1. The molecule has 2 nitrogen and oxygen atoms in total. The summed E-state index contributed by atoms with van der Waals surface area (Å²) in [6.07, 6.45) is 5.93. The smallest absolute Gasteiger partial charge is 0.330 e. The number of carbonyl (C=O) groups excluding carboxylic acids is 1. The highest BCUT2D eigenvalue weighted by Gasteiger charge is 2.19. The third-order valence-electron chi connectivity index (χ3n) is 1.53. The second-order valence-corrected chi connectivity index (χ2v) is 4.23. The molecular formula is C10H16O2. The normalized spacial score (nSPS) is 18.2. The third kappa shape index (κ3) is 4.16. The predicted molar refractivity (Wildman–Crippen MR) is 47.7 cm³/mol. The van der Waals surface area contributed by atoms with E-state index < -0.39 is 0 Å². The van der Waals surface area contributed by atoms with Crippen LogP contribution < -0.4 is 0 Å². The van der Waals surface area contributed by atoms with E-state index in [9.17, 15) is 4.79 Å². The molecule has 0 N–H and O–H groups in total. The van der Waals surface area contributed by atoms with E-state index in [4.69, 9.17) is 4.74 Å². The molecule has 0 amide bonds. The Bertz CT molecular complexity index is 194. The fourth-order valence-corrected chi connectivity index (χ4v) is 0.839. The Hall–Kier alpha value is -0.790. The number of hydrogen-bond donors (Lipinski definition) is 0. The standard InChI is InChI=1S/C10H16O2/c1-10(2,3)12-9(11)7-6-8-4-5-8/h6-8H,4-5H2,1-3H3. The number of allylic oxidation sites excluding steroid dienone is 1. The summed E-state index contributed by atoms with van der Waals surface area (Å²) in [5.41, 5.74) is -0.370. The molecule has 0 aromatic rings. The molecule has 0 aromatic carbocycles. The summed E-state index contributed by atoms with van der Waals surface area (Å²) in [6, 6.07) is 0. The van der Waals surface area contributed by atoms with E-state index in [-0.39, 0.29) is 11.6 Å². The first-order chi connectivity index (χ1) is 5.47. The van der Waals surface area contributed by atoms with Crippen molar-refractivity contribution in [2.24, 2.45) is 5.92 Å². The zero-order valence-corrected chi connectivity index (χ0v) is 7.96. The van der Waals surface area contributed by atoms with Crippen molar-refractivity contribution >= 4 is 5.97 Å². The average molecular weight is 168 g/mol. The highest BCUT2D eigenvalue weighted by molar-refractivity contribution is 5.82. The molecule has 0 spiro atoms. The second kappa shape index (κ2) is 3.30. The lowest BCUT2D eigenvalue weighted by atomic mass is 10.2. The Labute approximate surface area is 73.6 Å². The molecule has 0 aliphatic heterocycles. The van der Waals surface area contributed by atoms with Crippen LogP contribution in [0.1, 0.15) is 33.6 Å². The lowest BCUT2D eigenvalue weighted by molar-refractivity contribution is -0.148. The van der Waals surface area contributed by atoms with E-state index in [0.29, 0.717) is 5.92 Å². The van der Waals surface area contributed by atoms with Gasteiger partial charge in [-0.1, -0.05) is 6.08 Å². The van der Waals surface area contributed by atoms with Gasteiger partial charge in [0.1, 0.15) is 5.60 Å². The van der Waals surface area contributed by atoms with Crippen molar-refractivity contribution in [1.29, 1.82) is 0 Å². The van der Waals surface area contributed by atoms with Gasteiger partial charge in [0.15, 0.2) is 0 Å². The maximum Gasteiger partial charge on any atom is 0.330 e. The van der Waals surface area contributed by atoms with Crippen molar-refractivity contribution in [1.82, 2.24) is 0 Å². The molecule has 0 saturated heterocycles. The van der Waals surface area contributed by atoms with Gasteiger partial charge in [0.2, 0.25) is 0 Å². The molecule has 1 aliphatic carbocycles. The van der Waals surface area contributed by atoms with Crippen molar-refractivity contribution in [3.8, 4) is 0 Å². The summed E-state index contributed by atoms with van der Waals surface area (Å²) < 4.78 is 5.09. The predicted octanol–water partition coefficient (Wildman–Crippen LogP) is 2.29. The van der Waals surface area contributed by atoms with Crippen LogP contribution in [0.3, 0.4) is 0 Å². The van der Waals surface area contributed by atoms with Crippen LogP contribution in [0.5, 0.6) is 0 Å². The van der Waals surface area contributed by atoms with E-state index in [0.717, 1.165) is 0 Å². The van der Waals surface area contributed by atoms with Gasteiger partial charge in [-0.3, -0.25) is 0 Å². The maximum atomic E-state index is 11.1. The van der Waals surface area contributed by atoms with Gasteiger partial charge in [-0.15, -0.1) is 0 Å². The number of carbonyl (C=O) groups is 1. The van der Waals surface area contributed by atoms with Crippen LogP contribution in [0.25, 0.3) is 0 Å². The summed E-state index contributed by atoms with van der Waals surface area (Å²) >= 11 is 0. The molecular weight excluding hydrogens is 152 g/mol. The Morgan fingerprint density at radius 1 is 1.42 bits per heavy atom. The average Bonchev–Trinajstić information content (AvgIpc) is 2.61. The second-order valence-electron chi connectivity index (χ2n) is 4.23. The summed E-state index contributed by atoms with van der Waals surface area (Å²) in [5.74, 6) is 0.409. The van der Waals surface area contributed by atoms with Gasteiger partial charge < -0.3 is 4.74 Å². The first-order valence-electron chi connectivity index (χ1n) is 4.38. The fraction of sp³-hybridized carbons (Fsp3) is 0.700. The van der Waals surface area contributed by atoms with Gasteiger partial charge in [0.05, 0.1) is 0 Å². The molecule has 1 rings (SSSR count). The number of esters is 1. The molecule has 12 heavy (non-hydrogen) atoms. The monoisotopic (exact) mass is 168 g/mol. The Kier molecular flexibility index (Phi) is 2.55. The van der Waals surface area contributed by atoms with Gasteiger partial charge in [-0.2, -0.15) is 0 Å². The summed E-state index contributed by atoms with van der Waals surface area (Å²) in [4.78, 5) is 11.1. The first-order valence-corrected chi connectivity index (χ1v) is 4.38. The lowest BCUT2D eigenvalue weighted by Crippen LogP contribution is -2.22. The topological polar surface area (TPSA) is 26.3 Å². The maximum absolute atomic E-state index is 11.1. The quantitative estimate of drug-likeness (QED) is 0.467. The van der Waals surface area contributed by atoms with Crippen molar-refractivity contribution in [3.05, 3.63) is 12.2 Å². The Morgan fingerprint density at radius 3 is 2.42 bits per heavy atom. The molecule has 0 atom stereocenters. The summed E-state index contributed by atoms with van der Waals surface area (Å²) in [7, 11) is 0. The van der Waals surface area contributed by atoms with Crippen LogP contribution in [0.4, 0.5) is 0 Å². The van der Waals surface area contributed by atoms with E-state index in [1.807, 2.05) is 26.8 Å². The van der Waals surface area contributed by atoms with Gasteiger partial charge in [0, 0.05) is 6.08 Å². The summed E-state index contributed by atoms with van der Waals surface area (Å²) in [5, 5.41) is 0. The Balaban J connectivity index is 2.27. The van der Waals surface area contributed by atoms with Crippen molar-refractivity contribution in [2.75, 3.05) is 0 Å². The van der Waals surface area contributed by atoms with Crippen molar-refractivity contribution in [2.45, 2.75) is 39.2 Å². The van der Waals surface area contributed by atoms with E-state index in [1.54, 1.807) is 6.08 Å². The van der Waals surface area contributed by atoms with Crippen LogP contribution in [0.15, 0.2) is 12.2 Å². The molecule has 1 aliphatic rings. The molecule has 0 heterocycles. The van der Waals surface area contributed by atoms with Crippen LogP contribution >= 0.6 is 0 Å². The van der Waals surface area contributed by atoms with E-state index in [2.05, 4.69) is 0 Å². The van der Waals surface area contributed by atoms with Gasteiger partial charge >= 0.3 is 5.97 Å². The molecule has 68 valence electrons. The molecule has 0 radical (unpaired) electrons. The van der Waals surface area contributed by atoms with Gasteiger partial charge in [-0.25, -0.2) is 4.79 Å². The minimum Gasteiger partial charge on any atom is -0.457 e. The van der Waals surface area contributed by atoms with Crippen molar-refractivity contribution < 1.29 is 9.53 Å². The first kappa shape index (κ1) is 9.30. The molecule has 0 bridgehead atoms. The number of ether oxygens (including phenoxy) is 1. The van der Waals surface area contributed by atoms with Gasteiger partial charge in [0.25, 0.3) is 0 Å². The number of hydrogen-bond acceptors (Lipinski definition) is 2. The minimum absolute atomic E-state index is 0.227. The van der Waals surface area contributed by atoms with Crippen LogP contribution in [0, 0.1) is 5.92 Å². The van der Waals surface area contributed by atoms with Gasteiger partial charge in [-0.05, 0) is 39.5 Å². The van der Waals surface area contributed by atoms with Crippen LogP contribution in [-0.4, -0.2) is 11.6 Å². The van der Waals surface area contributed by atoms with E-state index in [1.165, 1.54) is 12.8 Å². The number of rotatable bonds is 2. The third-order valence-corrected chi connectivity index (χ3v) is 1.53. The highest BCUT2D eigenvalue weighted by Crippen LogP contribution is 2.30. The minimum atomic E-state index is -0.370. The lowest BCUT2D eigenvalue weighted by Gasteiger charge is -2.17. The molecule has 2 heteroatoms. The van der Waals surface area contributed by atoms with E-state index >= 15 is 0 Å². The zero-order chi connectivity index (χ0) is 9.19.